The Bertz CT molecular complexity index is 608. The van der Waals surface area contributed by atoms with Crippen molar-refractivity contribution in [3.63, 3.8) is 0 Å². The molecule has 0 spiro atoms. The fraction of sp³-hybridized carbons (Fsp3) is 0.562. The van der Waals surface area contributed by atoms with Crippen LogP contribution in [-0.4, -0.2) is 11.6 Å². The van der Waals surface area contributed by atoms with E-state index in [0.717, 1.165) is 36.8 Å². The van der Waals surface area contributed by atoms with Crippen LogP contribution in [0.3, 0.4) is 0 Å². The van der Waals surface area contributed by atoms with Crippen molar-refractivity contribution in [1.82, 2.24) is 5.06 Å². The van der Waals surface area contributed by atoms with Gasteiger partial charge in [-0.2, -0.15) is 18.4 Å². The van der Waals surface area contributed by atoms with Gasteiger partial charge in [-0.05, 0) is 48.9 Å². The fourth-order valence-electron chi connectivity index (χ4n) is 3.93. The van der Waals surface area contributed by atoms with Crippen LogP contribution in [0.15, 0.2) is 18.2 Å². The second-order valence-corrected chi connectivity index (χ2v) is 6.17. The molecule has 3 atom stereocenters. The molecule has 3 unspecified atom stereocenters. The minimum Gasteiger partial charge on any atom is -0.785 e. The molecule has 3 nitrogen and oxygen atoms in total. The number of nitrogens with zero attached hydrogens (tertiary/aromatic N) is 2. The minimum atomic E-state index is -4.58. The summed E-state index contributed by atoms with van der Waals surface area (Å²) in [6.07, 6.45) is -0.617. The van der Waals surface area contributed by atoms with E-state index in [1.807, 2.05) is 0 Å². The zero-order chi connectivity index (χ0) is 15.9. The Labute approximate surface area is 126 Å². The Kier molecular flexibility index (Phi) is 3.87. The molecule has 22 heavy (non-hydrogen) atoms. The Hall–Kier alpha value is -1.58. The second-order valence-electron chi connectivity index (χ2n) is 6.17. The van der Waals surface area contributed by atoms with E-state index in [1.54, 1.807) is 6.07 Å². The molecule has 0 aromatic heterocycles. The molecular formula is C16H16F3N2O-. The lowest BCUT2D eigenvalue weighted by atomic mass is 9.76. The van der Waals surface area contributed by atoms with Crippen molar-refractivity contribution in [3.8, 4) is 6.07 Å². The fourth-order valence-corrected chi connectivity index (χ4v) is 3.93. The van der Waals surface area contributed by atoms with E-state index in [0.29, 0.717) is 12.1 Å². The predicted octanol–water partition coefficient (Wildman–Crippen LogP) is 4.24. The lowest BCUT2D eigenvalue weighted by molar-refractivity contribution is -0.137. The molecule has 0 radical (unpaired) electrons. The first kappa shape index (κ1) is 15.3. The highest BCUT2D eigenvalue weighted by Gasteiger charge is 2.41. The number of hydrogen-bond donors (Lipinski definition) is 0. The molecule has 0 N–H and O–H groups in total. The molecular weight excluding hydrogens is 293 g/mol. The van der Waals surface area contributed by atoms with Gasteiger partial charge >= 0.3 is 6.18 Å². The lowest BCUT2D eigenvalue weighted by Crippen LogP contribution is -2.22. The minimum absolute atomic E-state index is 0.125. The largest absolute Gasteiger partial charge is 0.785 e. The molecule has 6 heteroatoms. The quantitative estimate of drug-likeness (QED) is 0.779. The van der Waals surface area contributed by atoms with Gasteiger partial charge in [0.2, 0.25) is 0 Å². The highest BCUT2D eigenvalue weighted by Crippen LogP contribution is 2.48. The smallest absolute Gasteiger partial charge is 0.417 e. The Morgan fingerprint density at radius 2 is 1.95 bits per heavy atom. The van der Waals surface area contributed by atoms with E-state index >= 15 is 0 Å². The highest BCUT2D eigenvalue weighted by molar-refractivity contribution is 5.43. The van der Waals surface area contributed by atoms with Gasteiger partial charge in [-0.1, -0.05) is 18.9 Å². The van der Waals surface area contributed by atoms with Crippen LogP contribution in [-0.2, 0) is 6.18 Å². The molecule has 1 aliphatic heterocycles. The van der Waals surface area contributed by atoms with Crippen LogP contribution < -0.4 is 0 Å². The molecule has 118 valence electrons. The molecule has 0 bridgehead atoms. The Morgan fingerprint density at radius 1 is 1.23 bits per heavy atom. The topological polar surface area (TPSA) is 50.1 Å². The third kappa shape index (κ3) is 2.59. The first-order valence-corrected chi connectivity index (χ1v) is 7.47. The average Bonchev–Trinajstić information content (AvgIpc) is 2.81. The Morgan fingerprint density at radius 3 is 2.64 bits per heavy atom. The summed E-state index contributed by atoms with van der Waals surface area (Å²) in [5, 5.41) is 22.0. The number of nitriles is 1. The van der Waals surface area contributed by atoms with Gasteiger partial charge in [0.05, 0.1) is 17.2 Å². The SMILES string of the molecule is N#Cc1ccc(C2C3CCCCC3CN2[O-])cc1C(F)(F)F. The third-order valence-electron chi connectivity index (χ3n) is 4.91. The second kappa shape index (κ2) is 5.56. The van der Waals surface area contributed by atoms with Crippen molar-refractivity contribution in [2.24, 2.45) is 11.8 Å². The van der Waals surface area contributed by atoms with Gasteiger partial charge in [-0.15, -0.1) is 0 Å². The lowest BCUT2D eigenvalue weighted by Gasteiger charge is -2.34. The van der Waals surface area contributed by atoms with Crippen LogP contribution in [0, 0.1) is 28.4 Å². The average molecular weight is 309 g/mol. The molecule has 1 aliphatic carbocycles. The van der Waals surface area contributed by atoms with Crippen molar-refractivity contribution in [1.29, 1.82) is 5.26 Å². The van der Waals surface area contributed by atoms with Gasteiger partial charge in [-0.3, -0.25) is 0 Å². The van der Waals surface area contributed by atoms with E-state index in [1.165, 1.54) is 12.1 Å². The number of alkyl halides is 3. The van der Waals surface area contributed by atoms with E-state index in [-0.39, 0.29) is 11.8 Å². The van der Waals surface area contributed by atoms with Gasteiger partial charge in [0.15, 0.2) is 0 Å². The molecule has 0 amide bonds. The summed E-state index contributed by atoms with van der Waals surface area (Å²) in [4.78, 5) is 0. The van der Waals surface area contributed by atoms with Crippen molar-refractivity contribution >= 4 is 0 Å². The first-order chi connectivity index (χ1) is 10.4. The highest BCUT2D eigenvalue weighted by atomic mass is 19.4. The van der Waals surface area contributed by atoms with Gasteiger partial charge in [0.25, 0.3) is 0 Å². The molecule has 1 aromatic carbocycles. The van der Waals surface area contributed by atoms with Crippen molar-refractivity contribution in [2.45, 2.75) is 37.9 Å². The van der Waals surface area contributed by atoms with Crippen LogP contribution in [0.2, 0.25) is 0 Å². The molecule has 1 heterocycles. The van der Waals surface area contributed by atoms with Crippen LogP contribution in [0.25, 0.3) is 0 Å². The van der Waals surface area contributed by atoms with E-state index in [9.17, 15) is 18.4 Å². The summed E-state index contributed by atoms with van der Waals surface area (Å²) in [5.74, 6) is 0.404. The summed E-state index contributed by atoms with van der Waals surface area (Å²) in [7, 11) is 0. The number of rotatable bonds is 1. The van der Waals surface area contributed by atoms with Crippen molar-refractivity contribution in [2.75, 3.05) is 6.54 Å². The third-order valence-corrected chi connectivity index (χ3v) is 4.91. The summed E-state index contributed by atoms with van der Waals surface area (Å²) in [5.41, 5.74) is -0.956. The number of benzene rings is 1. The monoisotopic (exact) mass is 309 g/mol. The summed E-state index contributed by atoms with van der Waals surface area (Å²) in [6.45, 7) is 0.399. The molecule has 2 aliphatic rings. The number of hydrogen-bond acceptors (Lipinski definition) is 3. The zero-order valence-electron chi connectivity index (χ0n) is 11.9. The summed E-state index contributed by atoms with van der Waals surface area (Å²) >= 11 is 0. The van der Waals surface area contributed by atoms with Crippen LogP contribution in [0.5, 0.6) is 0 Å². The number of fused-ring (bicyclic) bond motifs is 1. The van der Waals surface area contributed by atoms with E-state index < -0.39 is 23.3 Å². The first-order valence-electron chi connectivity index (χ1n) is 7.47. The zero-order valence-corrected chi connectivity index (χ0v) is 11.9. The molecule has 1 aromatic rings. The van der Waals surface area contributed by atoms with Crippen LogP contribution in [0.4, 0.5) is 13.2 Å². The Balaban J connectivity index is 2.00. The van der Waals surface area contributed by atoms with E-state index in [4.69, 9.17) is 5.26 Å². The van der Waals surface area contributed by atoms with Gasteiger partial charge in [0.1, 0.15) is 0 Å². The molecule has 2 fully saturated rings. The molecule has 1 saturated heterocycles. The normalized spacial score (nSPS) is 29.1. The number of hydroxylamine groups is 2. The van der Waals surface area contributed by atoms with Crippen molar-refractivity contribution in [3.05, 3.63) is 40.1 Å². The number of halogens is 3. The van der Waals surface area contributed by atoms with Gasteiger partial charge in [0, 0.05) is 6.04 Å². The van der Waals surface area contributed by atoms with Crippen molar-refractivity contribution < 1.29 is 13.2 Å². The summed E-state index contributed by atoms with van der Waals surface area (Å²) < 4.78 is 39.3. The maximum absolute atomic E-state index is 13.1. The van der Waals surface area contributed by atoms with Gasteiger partial charge in [-0.25, -0.2) is 0 Å². The molecule has 3 rings (SSSR count). The van der Waals surface area contributed by atoms with Crippen LogP contribution >= 0.6 is 0 Å². The summed E-state index contributed by atoms with van der Waals surface area (Å²) in [6, 6.07) is 4.74. The maximum Gasteiger partial charge on any atom is 0.417 e. The standard InChI is InChI=1S/C16H16F3N2O/c17-16(18,19)14-7-10(5-6-11(14)8-20)15-13-4-2-1-3-12(13)9-21(15)22/h5-7,12-13,15H,1-4,9H2/q-1. The predicted molar refractivity (Wildman–Crippen MR) is 74.4 cm³/mol. The van der Waals surface area contributed by atoms with Gasteiger partial charge < -0.3 is 10.3 Å². The molecule has 1 saturated carbocycles. The maximum atomic E-state index is 13.1. The van der Waals surface area contributed by atoms with Crippen LogP contribution in [0.1, 0.15) is 48.4 Å². The van der Waals surface area contributed by atoms with E-state index in [2.05, 4.69) is 0 Å².